The Hall–Kier alpha value is -0.830. The van der Waals surface area contributed by atoms with E-state index in [1.807, 2.05) is 6.20 Å². The van der Waals surface area contributed by atoms with Gasteiger partial charge in [0, 0.05) is 18.4 Å². The minimum absolute atomic E-state index is 0.354. The van der Waals surface area contributed by atoms with Gasteiger partial charge in [0.25, 0.3) is 0 Å². The standard InChI is InChI=1S/C10H17N3/c1-7-5-9(6-7)13-8(2)10-11-3-4-12-10/h3-4,7-9,13H,5-6H2,1-2H3,(H,11,12). The van der Waals surface area contributed by atoms with Gasteiger partial charge in [0.2, 0.25) is 0 Å². The third-order valence-electron chi connectivity index (χ3n) is 2.79. The van der Waals surface area contributed by atoms with Crippen molar-refractivity contribution in [1.29, 1.82) is 0 Å². The van der Waals surface area contributed by atoms with Crippen molar-refractivity contribution < 1.29 is 0 Å². The molecule has 1 aliphatic rings. The van der Waals surface area contributed by atoms with E-state index in [-0.39, 0.29) is 0 Å². The largest absolute Gasteiger partial charge is 0.347 e. The predicted molar refractivity (Wildman–Crippen MR) is 52.3 cm³/mol. The molecule has 1 unspecified atom stereocenters. The van der Waals surface area contributed by atoms with Crippen molar-refractivity contribution >= 4 is 0 Å². The van der Waals surface area contributed by atoms with Gasteiger partial charge < -0.3 is 10.3 Å². The molecule has 1 aliphatic carbocycles. The monoisotopic (exact) mass is 179 g/mol. The second-order valence-corrected chi connectivity index (χ2v) is 4.14. The zero-order valence-electron chi connectivity index (χ0n) is 8.25. The van der Waals surface area contributed by atoms with Gasteiger partial charge in [-0.15, -0.1) is 0 Å². The minimum atomic E-state index is 0.354. The summed E-state index contributed by atoms with van der Waals surface area (Å²) < 4.78 is 0. The van der Waals surface area contributed by atoms with Gasteiger partial charge >= 0.3 is 0 Å². The molecule has 1 aromatic heterocycles. The lowest BCUT2D eigenvalue weighted by Gasteiger charge is -2.35. The van der Waals surface area contributed by atoms with Gasteiger partial charge in [-0.25, -0.2) is 4.98 Å². The van der Waals surface area contributed by atoms with Gasteiger partial charge in [0.1, 0.15) is 5.82 Å². The normalized spacial score (nSPS) is 29.7. The van der Waals surface area contributed by atoms with Crippen LogP contribution in [0.1, 0.15) is 38.6 Å². The second-order valence-electron chi connectivity index (χ2n) is 4.14. The van der Waals surface area contributed by atoms with Crippen LogP contribution in [0.15, 0.2) is 12.4 Å². The van der Waals surface area contributed by atoms with Crippen LogP contribution in [0.3, 0.4) is 0 Å². The van der Waals surface area contributed by atoms with Gasteiger partial charge in [-0.3, -0.25) is 0 Å². The van der Waals surface area contributed by atoms with Crippen molar-refractivity contribution in [3.05, 3.63) is 18.2 Å². The van der Waals surface area contributed by atoms with E-state index in [9.17, 15) is 0 Å². The van der Waals surface area contributed by atoms with Crippen LogP contribution in [0.2, 0.25) is 0 Å². The quantitative estimate of drug-likeness (QED) is 0.743. The van der Waals surface area contributed by atoms with Crippen molar-refractivity contribution in [2.75, 3.05) is 0 Å². The number of aromatic amines is 1. The lowest BCUT2D eigenvalue weighted by molar-refractivity contribution is 0.224. The number of nitrogens with one attached hydrogen (secondary N) is 2. The maximum Gasteiger partial charge on any atom is 0.122 e. The topological polar surface area (TPSA) is 40.7 Å². The molecule has 1 fully saturated rings. The maximum atomic E-state index is 4.23. The van der Waals surface area contributed by atoms with Crippen molar-refractivity contribution in [2.45, 2.75) is 38.8 Å². The van der Waals surface area contributed by atoms with Gasteiger partial charge in [-0.1, -0.05) is 6.92 Å². The average Bonchev–Trinajstić information content (AvgIpc) is 2.53. The van der Waals surface area contributed by atoms with E-state index in [1.165, 1.54) is 12.8 Å². The third kappa shape index (κ3) is 1.91. The molecule has 0 amide bonds. The van der Waals surface area contributed by atoms with Gasteiger partial charge in [0.15, 0.2) is 0 Å². The van der Waals surface area contributed by atoms with Crippen molar-refractivity contribution in [3.63, 3.8) is 0 Å². The zero-order valence-corrected chi connectivity index (χ0v) is 8.25. The van der Waals surface area contributed by atoms with E-state index in [0.29, 0.717) is 12.1 Å². The second kappa shape index (κ2) is 3.50. The summed E-state index contributed by atoms with van der Waals surface area (Å²) in [5.74, 6) is 1.95. The number of aromatic nitrogens is 2. The van der Waals surface area contributed by atoms with E-state index in [0.717, 1.165) is 11.7 Å². The predicted octanol–water partition coefficient (Wildman–Crippen LogP) is 1.86. The van der Waals surface area contributed by atoms with Crippen LogP contribution in [-0.2, 0) is 0 Å². The number of H-pyrrole nitrogens is 1. The number of imidazole rings is 1. The molecule has 0 bridgehead atoms. The minimum Gasteiger partial charge on any atom is -0.347 e. The smallest absolute Gasteiger partial charge is 0.122 e. The molecule has 0 saturated heterocycles. The van der Waals surface area contributed by atoms with Gasteiger partial charge in [0.05, 0.1) is 6.04 Å². The Morgan fingerprint density at radius 2 is 2.38 bits per heavy atom. The van der Waals surface area contributed by atoms with Crippen LogP contribution >= 0.6 is 0 Å². The fourth-order valence-electron chi connectivity index (χ4n) is 1.99. The molecule has 1 saturated carbocycles. The average molecular weight is 179 g/mol. The summed E-state index contributed by atoms with van der Waals surface area (Å²) in [5, 5.41) is 3.56. The van der Waals surface area contributed by atoms with Crippen LogP contribution in [0.25, 0.3) is 0 Å². The first-order valence-electron chi connectivity index (χ1n) is 5.01. The van der Waals surface area contributed by atoms with Crippen LogP contribution in [0.5, 0.6) is 0 Å². The Balaban J connectivity index is 1.82. The third-order valence-corrected chi connectivity index (χ3v) is 2.79. The summed E-state index contributed by atoms with van der Waals surface area (Å²) >= 11 is 0. The highest BCUT2D eigenvalue weighted by Gasteiger charge is 2.26. The first-order chi connectivity index (χ1) is 6.25. The SMILES string of the molecule is CC1CC(NC(C)c2ncc[nH]2)C1. The Morgan fingerprint density at radius 1 is 1.62 bits per heavy atom. The summed E-state index contributed by atoms with van der Waals surface area (Å²) in [7, 11) is 0. The van der Waals surface area contributed by atoms with Crippen molar-refractivity contribution in [1.82, 2.24) is 15.3 Å². The summed E-state index contributed by atoms with van der Waals surface area (Å²) in [6.45, 7) is 4.46. The molecular formula is C10H17N3. The molecule has 2 N–H and O–H groups in total. The first-order valence-corrected chi connectivity index (χ1v) is 5.01. The molecule has 0 aliphatic heterocycles. The maximum absolute atomic E-state index is 4.23. The Bertz CT molecular complexity index is 249. The highest BCUT2D eigenvalue weighted by Crippen LogP contribution is 2.28. The molecule has 3 heteroatoms. The first kappa shape index (κ1) is 8.75. The van der Waals surface area contributed by atoms with Crippen molar-refractivity contribution in [2.24, 2.45) is 5.92 Å². The fourth-order valence-corrected chi connectivity index (χ4v) is 1.99. The molecule has 0 aromatic carbocycles. The van der Waals surface area contributed by atoms with E-state index >= 15 is 0 Å². The van der Waals surface area contributed by atoms with E-state index in [4.69, 9.17) is 0 Å². The van der Waals surface area contributed by atoms with Crippen LogP contribution < -0.4 is 5.32 Å². The molecule has 1 atom stereocenters. The molecule has 13 heavy (non-hydrogen) atoms. The van der Waals surface area contributed by atoms with Gasteiger partial charge in [-0.05, 0) is 25.7 Å². The number of nitrogens with zero attached hydrogens (tertiary/aromatic N) is 1. The van der Waals surface area contributed by atoms with E-state index in [1.54, 1.807) is 6.20 Å². The van der Waals surface area contributed by atoms with E-state index < -0.39 is 0 Å². The lowest BCUT2D eigenvalue weighted by atomic mass is 9.81. The highest BCUT2D eigenvalue weighted by molar-refractivity contribution is 4.96. The Labute approximate surface area is 79.0 Å². The Morgan fingerprint density at radius 3 is 2.92 bits per heavy atom. The molecule has 1 aromatic rings. The van der Waals surface area contributed by atoms with E-state index in [2.05, 4.69) is 29.1 Å². The molecule has 0 spiro atoms. The highest BCUT2D eigenvalue weighted by atomic mass is 15.0. The number of hydrogen-bond donors (Lipinski definition) is 2. The Kier molecular flexibility index (Phi) is 2.36. The molecule has 72 valence electrons. The zero-order chi connectivity index (χ0) is 9.26. The summed E-state index contributed by atoms with van der Waals surface area (Å²) in [6.07, 6.45) is 6.30. The van der Waals surface area contributed by atoms with Crippen molar-refractivity contribution in [3.8, 4) is 0 Å². The number of rotatable bonds is 3. The lowest BCUT2D eigenvalue weighted by Crippen LogP contribution is -2.41. The van der Waals surface area contributed by atoms with Crippen LogP contribution in [0.4, 0.5) is 0 Å². The van der Waals surface area contributed by atoms with Gasteiger partial charge in [-0.2, -0.15) is 0 Å². The molecule has 2 rings (SSSR count). The molecule has 1 heterocycles. The summed E-state index contributed by atoms with van der Waals surface area (Å²) in [4.78, 5) is 7.36. The molecular weight excluding hydrogens is 162 g/mol. The molecule has 3 nitrogen and oxygen atoms in total. The fraction of sp³-hybridized carbons (Fsp3) is 0.700. The van der Waals surface area contributed by atoms with Crippen LogP contribution in [-0.4, -0.2) is 16.0 Å². The molecule has 0 radical (unpaired) electrons. The number of hydrogen-bond acceptors (Lipinski definition) is 2. The van der Waals surface area contributed by atoms with Crippen LogP contribution in [0, 0.1) is 5.92 Å². The summed E-state index contributed by atoms with van der Waals surface area (Å²) in [6, 6.07) is 1.06. The summed E-state index contributed by atoms with van der Waals surface area (Å²) in [5.41, 5.74) is 0.